The lowest BCUT2D eigenvalue weighted by molar-refractivity contribution is -0.121. The maximum Gasteiger partial charge on any atom is 0.241 e. The van der Waals surface area contributed by atoms with Crippen LogP contribution in [0.4, 0.5) is 5.69 Å². The molecule has 5 aromatic rings. The summed E-state index contributed by atoms with van der Waals surface area (Å²) in [6, 6.07) is 37.3. The number of amides is 1. The molecule has 37 heavy (non-hydrogen) atoms. The zero-order chi connectivity index (χ0) is 25.6. The van der Waals surface area contributed by atoms with E-state index in [1.807, 2.05) is 61.5 Å². The lowest BCUT2D eigenvalue weighted by atomic mass is 9.98. The number of aromatic nitrogens is 1. The van der Waals surface area contributed by atoms with Crippen molar-refractivity contribution >= 4 is 28.7 Å². The molecule has 1 amide bonds. The van der Waals surface area contributed by atoms with Crippen LogP contribution in [0.3, 0.4) is 0 Å². The van der Waals surface area contributed by atoms with Gasteiger partial charge >= 0.3 is 0 Å². The SMILES string of the molecule is CN(C)c1ccc(/C=N\NC(=O)CCn2c(-c3ccccc3)c(-c3ccccc3)c3ccccc32)cc1. The van der Waals surface area contributed by atoms with Gasteiger partial charge in [-0.1, -0.05) is 91.0 Å². The molecular weight excluding hydrogens is 456 g/mol. The van der Waals surface area contributed by atoms with Crippen LogP contribution in [0, 0.1) is 0 Å². The average Bonchev–Trinajstić information content (AvgIpc) is 3.27. The second kappa shape index (κ2) is 11.0. The van der Waals surface area contributed by atoms with Crippen molar-refractivity contribution in [2.75, 3.05) is 19.0 Å². The van der Waals surface area contributed by atoms with Gasteiger partial charge < -0.3 is 9.47 Å². The number of fused-ring (bicyclic) bond motifs is 1. The van der Waals surface area contributed by atoms with E-state index < -0.39 is 0 Å². The van der Waals surface area contributed by atoms with Gasteiger partial charge in [-0.2, -0.15) is 5.10 Å². The molecule has 0 radical (unpaired) electrons. The van der Waals surface area contributed by atoms with Gasteiger partial charge in [0.25, 0.3) is 0 Å². The highest BCUT2D eigenvalue weighted by molar-refractivity contribution is 6.04. The molecule has 1 N–H and O–H groups in total. The van der Waals surface area contributed by atoms with Crippen LogP contribution < -0.4 is 10.3 Å². The minimum Gasteiger partial charge on any atom is -0.378 e. The van der Waals surface area contributed by atoms with Crippen molar-refractivity contribution < 1.29 is 4.79 Å². The smallest absolute Gasteiger partial charge is 0.241 e. The molecule has 0 aliphatic rings. The first kappa shape index (κ1) is 24.1. The van der Waals surface area contributed by atoms with E-state index in [4.69, 9.17) is 0 Å². The molecule has 1 heterocycles. The number of rotatable bonds is 8. The number of carbonyl (C=O) groups is 1. The fourth-order valence-electron chi connectivity index (χ4n) is 4.64. The molecule has 5 rings (SSSR count). The predicted octanol–water partition coefficient (Wildman–Crippen LogP) is 6.58. The number of para-hydroxylation sites is 1. The van der Waals surface area contributed by atoms with E-state index in [1.54, 1.807) is 6.21 Å². The monoisotopic (exact) mass is 486 g/mol. The molecule has 0 fully saturated rings. The molecule has 5 nitrogen and oxygen atoms in total. The number of hydrazone groups is 1. The van der Waals surface area contributed by atoms with Crippen LogP contribution in [0.5, 0.6) is 0 Å². The summed E-state index contributed by atoms with van der Waals surface area (Å²) in [5.41, 5.74) is 10.4. The van der Waals surface area contributed by atoms with Gasteiger partial charge in [-0.25, -0.2) is 5.43 Å². The molecule has 1 aromatic heterocycles. The Morgan fingerprint density at radius 3 is 2.11 bits per heavy atom. The first-order valence-corrected chi connectivity index (χ1v) is 12.4. The minimum absolute atomic E-state index is 0.126. The maximum atomic E-state index is 12.8. The number of hydrogen-bond acceptors (Lipinski definition) is 3. The molecule has 0 aliphatic heterocycles. The molecule has 0 spiro atoms. The second-order valence-corrected chi connectivity index (χ2v) is 9.15. The summed E-state index contributed by atoms with van der Waals surface area (Å²) in [5.74, 6) is -0.126. The van der Waals surface area contributed by atoms with Crippen LogP contribution >= 0.6 is 0 Å². The highest BCUT2D eigenvalue weighted by atomic mass is 16.2. The van der Waals surface area contributed by atoms with Crippen molar-refractivity contribution in [3.05, 3.63) is 115 Å². The van der Waals surface area contributed by atoms with Crippen molar-refractivity contribution in [2.45, 2.75) is 13.0 Å². The van der Waals surface area contributed by atoms with E-state index in [0.717, 1.165) is 33.6 Å². The number of anilines is 1. The third-order valence-corrected chi connectivity index (χ3v) is 6.46. The van der Waals surface area contributed by atoms with Gasteiger partial charge in [0.2, 0.25) is 5.91 Å². The first-order valence-electron chi connectivity index (χ1n) is 12.4. The van der Waals surface area contributed by atoms with Crippen LogP contribution in [0.2, 0.25) is 0 Å². The topological polar surface area (TPSA) is 49.6 Å². The van der Waals surface area contributed by atoms with Gasteiger partial charge in [-0.15, -0.1) is 0 Å². The number of nitrogens with zero attached hydrogens (tertiary/aromatic N) is 3. The Balaban J connectivity index is 1.41. The number of carbonyl (C=O) groups excluding carboxylic acids is 1. The molecule has 4 aromatic carbocycles. The molecule has 0 aliphatic carbocycles. The summed E-state index contributed by atoms with van der Waals surface area (Å²) < 4.78 is 2.26. The maximum absolute atomic E-state index is 12.8. The number of nitrogens with one attached hydrogen (secondary N) is 1. The lowest BCUT2D eigenvalue weighted by Crippen LogP contribution is -2.19. The van der Waals surface area contributed by atoms with Gasteiger partial charge in [0.1, 0.15) is 0 Å². The number of hydrogen-bond donors (Lipinski definition) is 1. The Morgan fingerprint density at radius 1 is 0.811 bits per heavy atom. The van der Waals surface area contributed by atoms with Crippen molar-refractivity contribution in [1.82, 2.24) is 9.99 Å². The summed E-state index contributed by atoms with van der Waals surface area (Å²) >= 11 is 0. The van der Waals surface area contributed by atoms with Crippen molar-refractivity contribution in [3.8, 4) is 22.4 Å². The van der Waals surface area contributed by atoms with Gasteiger partial charge in [-0.3, -0.25) is 4.79 Å². The third kappa shape index (κ3) is 5.31. The Bertz CT molecular complexity index is 1520. The van der Waals surface area contributed by atoms with Crippen LogP contribution in [-0.2, 0) is 11.3 Å². The second-order valence-electron chi connectivity index (χ2n) is 9.15. The standard InChI is InChI=1S/C32H30N4O/c1-35(2)27-19-17-24(18-20-27)23-33-34-30(37)21-22-36-29-16-10-9-15-28(29)31(25-11-5-3-6-12-25)32(36)26-13-7-4-8-14-26/h3-20,23H,21-22H2,1-2H3,(H,34,37)/b33-23-. The van der Waals surface area contributed by atoms with Crippen LogP contribution in [0.25, 0.3) is 33.3 Å². The Hall–Kier alpha value is -4.64. The van der Waals surface area contributed by atoms with Crippen molar-refractivity contribution in [1.29, 1.82) is 0 Å². The van der Waals surface area contributed by atoms with Crippen molar-refractivity contribution in [3.63, 3.8) is 0 Å². The highest BCUT2D eigenvalue weighted by Crippen LogP contribution is 2.40. The highest BCUT2D eigenvalue weighted by Gasteiger charge is 2.20. The lowest BCUT2D eigenvalue weighted by Gasteiger charge is -2.13. The molecular formula is C32H30N4O. The Labute approximate surface area is 217 Å². The molecule has 0 saturated carbocycles. The van der Waals surface area contributed by atoms with Gasteiger partial charge in [0, 0.05) is 49.2 Å². The first-order chi connectivity index (χ1) is 18.1. The summed E-state index contributed by atoms with van der Waals surface area (Å²) in [4.78, 5) is 14.8. The van der Waals surface area contributed by atoms with Gasteiger partial charge in [-0.05, 0) is 34.9 Å². The van der Waals surface area contributed by atoms with E-state index in [0.29, 0.717) is 13.0 Å². The van der Waals surface area contributed by atoms with E-state index >= 15 is 0 Å². The molecule has 5 heteroatoms. The van der Waals surface area contributed by atoms with Crippen molar-refractivity contribution in [2.24, 2.45) is 5.10 Å². The largest absolute Gasteiger partial charge is 0.378 e. The van der Waals surface area contributed by atoms with E-state index in [-0.39, 0.29) is 5.91 Å². The Morgan fingerprint density at radius 2 is 1.43 bits per heavy atom. The summed E-state index contributed by atoms with van der Waals surface area (Å²) in [6.07, 6.45) is 1.98. The Kier molecular flexibility index (Phi) is 7.13. The third-order valence-electron chi connectivity index (χ3n) is 6.46. The van der Waals surface area contributed by atoms with Crippen LogP contribution in [-0.4, -0.2) is 30.8 Å². The molecule has 184 valence electrons. The number of aryl methyl sites for hydroxylation is 1. The average molecular weight is 487 g/mol. The summed E-state index contributed by atoms with van der Waals surface area (Å²) in [5, 5.41) is 5.35. The summed E-state index contributed by atoms with van der Waals surface area (Å²) in [6.45, 7) is 0.538. The van der Waals surface area contributed by atoms with E-state index in [9.17, 15) is 4.79 Å². The number of benzene rings is 4. The van der Waals surface area contributed by atoms with Crippen LogP contribution in [0.15, 0.2) is 114 Å². The zero-order valence-electron chi connectivity index (χ0n) is 21.1. The fraction of sp³-hybridized carbons (Fsp3) is 0.125. The fourth-order valence-corrected chi connectivity index (χ4v) is 4.64. The van der Waals surface area contributed by atoms with Crippen LogP contribution in [0.1, 0.15) is 12.0 Å². The zero-order valence-corrected chi connectivity index (χ0v) is 21.1. The molecule has 0 bridgehead atoms. The molecule has 0 saturated heterocycles. The quantitative estimate of drug-likeness (QED) is 0.199. The molecule has 0 atom stereocenters. The normalized spacial score (nSPS) is 11.2. The van der Waals surface area contributed by atoms with Gasteiger partial charge in [0.15, 0.2) is 0 Å². The summed E-state index contributed by atoms with van der Waals surface area (Å²) in [7, 11) is 4.01. The van der Waals surface area contributed by atoms with E-state index in [2.05, 4.69) is 81.8 Å². The predicted molar refractivity (Wildman–Crippen MR) is 154 cm³/mol. The molecule has 0 unspecified atom stereocenters. The van der Waals surface area contributed by atoms with Gasteiger partial charge in [0.05, 0.1) is 11.9 Å². The minimum atomic E-state index is -0.126. The van der Waals surface area contributed by atoms with E-state index in [1.165, 1.54) is 10.9 Å².